The van der Waals surface area contributed by atoms with Crippen molar-refractivity contribution in [2.24, 2.45) is 5.73 Å². The van der Waals surface area contributed by atoms with Gasteiger partial charge in [-0.3, -0.25) is 9.69 Å². The van der Waals surface area contributed by atoms with E-state index in [-0.39, 0.29) is 11.9 Å². The molecule has 1 saturated heterocycles. The first-order chi connectivity index (χ1) is 7.70. The average Bonchev–Trinajstić information content (AvgIpc) is 3.01. The van der Waals surface area contributed by atoms with Crippen molar-refractivity contribution in [2.45, 2.75) is 43.8 Å². The van der Waals surface area contributed by atoms with E-state index in [0.717, 1.165) is 25.6 Å². The summed E-state index contributed by atoms with van der Waals surface area (Å²) in [5, 5.41) is 2.97. The first-order valence-electron chi connectivity index (χ1n) is 5.94. The minimum Gasteiger partial charge on any atom is -0.351 e. The lowest BCUT2D eigenvalue weighted by molar-refractivity contribution is -0.122. The van der Waals surface area contributed by atoms with Crippen molar-refractivity contribution in [3.63, 3.8) is 0 Å². The Morgan fingerprint density at radius 3 is 2.94 bits per heavy atom. The van der Waals surface area contributed by atoms with E-state index >= 15 is 0 Å². The summed E-state index contributed by atoms with van der Waals surface area (Å²) in [6, 6.07) is 0.484. The average molecular weight is 221 g/mol. The van der Waals surface area contributed by atoms with Crippen LogP contribution in [-0.2, 0) is 4.79 Å². The molecule has 1 aliphatic heterocycles. The fourth-order valence-electron chi connectivity index (χ4n) is 2.20. The molecule has 0 radical (unpaired) electrons. The highest BCUT2D eigenvalue weighted by Gasteiger charge is 2.35. The number of terminal acetylenes is 1. The predicted octanol–water partition coefficient (Wildman–Crippen LogP) is -0.310. The third-order valence-corrected chi connectivity index (χ3v) is 3.30. The SMILES string of the molecule is C#CCC(N)C(=O)NC1CCN(C2CC2)C1. The lowest BCUT2D eigenvalue weighted by Crippen LogP contribution is -2.46. The molecule has 3 N–H and O–H groups in total. The Kier molecular flexibility index (Phi) is 3.47. The number of nitrogens with zero attached hydrogens (tertiary/aromatic N) is 1. The summed E-state index contributed by atoms with van der Waals surface area (Å²) in [6.07, 6.45) is 9.10. The van der Waals surface area contributed by atoms with Gasteiger partial charge in [-0.2, -0.15) is 0 Å². The van der Waals surface area contributed by atoms with Crippen LogP contribution in [0.4, 0.5) is 0 Å². The third kappa shape index (κ3) is 2.75. The Hall–Kier alpha value is -1.05. The zero-order valence-electron chi connectivity index (χ0n) is 9.48. The molecule has 0 aromatic rings. The molecule has 2 rings (SSSR count). The lowest BCUT2D eigenvalue weighted by atomic mass is 10.2. The van der Waals surface area contributed by atoms with Gasteiger partial charge in [-0.1, -0.05) is 0 Å². The van der Waals surface area contributed by atoms with Crippen molar-refractivity contribution in [3.05, 3.63) is 0 Å². The zero-order chi connectivity index (χ0) is 11.5. The number of nitrogens with one attached hydrogen (secondary N) is 1. The van der Waals surface area contributed by atoms with Crippen LogP contribution in [0, 0.1) is 12.3 Å². The fraction of sp³-hybridized carbons (Fsp3) is 0.750. The Balaban J connectivity index is 1.73. The second kappa shape index (κ2) is 4.86. The number of amides is 1. The van der Waals surface area contributed by atoms with Crippen molar-refractivity contribution in [1.29, 1.82) is 0 Å². The summed E-state index contributed by atoms with van der Waals surface area (Å²) < 4.78 is 0. The van der Waals surface area contributed by atoms with E-state index in [4.69, 9.17) is 12.2 Å². The Bertz CT molecular complexity index is 306. The van der Waals surface area contributed by atoms with Crippen LogP contribution in [0.1, 0.15) is 25.7 Å². The van der Waals surface area contributed by atoms with Gasteiger partial charge < -0.3 is 11.1 Å². The molecule has 2 aliphatic rings. The van der Waals surface area contributed by atoms with Gasteiger partial charge in [0.15, 0.2) is 0 Å². The number of carbonyl (C=O) groups excluding carboxylic acids is 1. The molecule has 2 atom stereocenters. The van der Waals surface area contributed by atoms with Gasteiger partial charge in [-0.15, -0.1) is 12.3 Å². The first kappa shape index (κ1) is 11.4. The van der Waals surface area contributed by atoms with Crippen molar-refractivity contribution in [2.75, 3.05) is 13.1 Å². The smallest absolute Gasteiger partial charge is 0.238 e. The predicted molar refractivity (Wildman–Crippen MR) is 62.6 cm³/mol. The van der Waals surface area contributed by atoms with Crippen LogP contribution in [0.2, 0.25) is 0 Å². The molecule has 0 spiro atoms. The minimum atomic E-state index is -0.556. The third-order valence-electron chi connectivity index (χ3n) is 3.30. The fourth-order valence-corrected chi connectivity index (χ4v) is 2.20. The molecule has 2 unspecified atom stereocenters. The monoisotopic (exact) mass is 221 g/mol. The number of likely N-dealkylation sites (tertiary alicyclic amines) is 1. The van der Waals surface area contributed by atoms with Crippen molar-refractivity contribution >= 4 is 5.91 Å². The molecule has 16 heavy (non-hydrogen) atoms. The van der Waals surface area contributed by atoms with Crippen molar-refractivity contribution < 1.29 is 4.79 Å². The molecule has 0 bridgehead atoms. The summed E-state index contributed by atoms with van der Waals surface area (Å²) in [6.45, 7) is 2.07. The maximum atomic E-state index is 11.6. The maximum Gasteiger partial charge on any atom is 0.238 e. The number of carbonyl (C=O) groups is 1. The molecule has 1 aliphatic carbocycles. The normalized spacial score (nSPS) is 27.4. The Labute approximate surface area is 96.6 Å². The van der Waals surface area contributed by atoms with Crippen LogP contribution >= 0.6 is 0 Å². The second-order valence-electron chi connectivity index (χ2n) is 4.74. The molecule has 0 aromatic carbocycles. The van der Waals surface area contributed by atoms with Gasteiger partial charge in [0, 0.05) is 31.6 Å². The van der Waals surface area contributed by atoms with Gasteiger partial charge in [0.2, 0.25) is 5.91 Å². The molecule has 1 saturated carbocycles. The molecular weight excluding hydrogens is 202 g/mol. The largest absolute Gasteiger partial charge is 0.351 e. The van der Waals surface area contributed by atoms with Crippen molar-refractivity contribution in [1.82, 2.24) is 10.2 Å². The summed E-state index contributed by atoms with van der Waals surface area (Å²) >= 11 is 0. The van der Waals surface area contributed by atoms with Crippen LogP contribution in [-0.4, -0.2) is 42.0 Å². The van der Waals surface area contributed by atoms with Gasteiger partial charge in [0.25, 0.3) is 0 Å². The standard InChI is InChI=1S/C12H19N3O/c1-2-3-11(13)12(16)14-9-6-7-15(8-9)10-4-5-10/h1,9-11H,3-8,13H2,(H,14,16). The molecule has 88 valence electrons. The molecular formula is C12H19N3O. The maximum absolute atomic E-state index is 11.6. The van der Waals surface area contributed by atoms with Crippen LogP contribution in [0.3, 0.4) is 0 Å². The summed E-state index contributed by atoms with van der Waals surface area (Å²) in [7, 11) is 0. The van der Waals surface area contributed by atoms with E-state index in [0.29, 0.717) is 6.42 Å². The summed E-state index contributed by atoms with van der Waals surface area (Å²) in [4.78, 5) is 14.1. The Morgan fingerprint density at radius 1 is 1.56 bits per heavy atom. The van der Waals surface area contributed by atoms with Crippen molar-refractivity contribution in [3.8, 4) is 12.3 Å². The van der Waals surface area contributed by atoms with Crippen LogP contribution in [0.25, 0.3) is 0 Å². The number of nitrogens with two attached hydrogens (primary N) is 1. The highest BCUT2D eigenvalue weighted by molar-refractivity contribution is 5.82. The molecule has 1 amide bonds. The van der Waals surface area contributed by atoms with E-state index < -0.39 is 6.04 Å². The highest BCUT2D eigenvalue weighted by atomic mass is 16.2. The molecule has 2 fully saturated rings. The number of hydrogen-bond acceptors (Lipinski definition) is 3. The van der Waals surface area contributed by atoms with E-state index in [1.807, 2.05) is 0 Å². The quantitative estimate of drug-likeness (QED) is 0.640. The second-order valence-corrected chi connectivity index (χ2v) is 4.74. The van der Waals surface area contributed by atoms with E-state index in [1.54, 1.807) is 0 Å². The van der Waals surface area contributed by atoms with Gasteiger partial charge in [-0.25, -0.2) is 0 Å². The Morgan fingerprint density at radius 2 is 2.31 bits per heavy atom. The summed E-state index contributed by atoms with van der Waals surface area (Å²) in [5.74, 6) is 2.30. The van der Waals surface area contributed by atoms with E-state index in [2.05, 4.69) is 16.1 Å². The molecule has 0 aromatic heterocycles. The van der Waals surface area contributed by atoms with Gasteiger partial charge in [0.05, 0.1) is 6.04 Å². The summed E-state index contributed by atoms with van der Waals surface area (Å²) in [5.41, 5.74) is 5.64. The lowest BCUT2D eigenvalue weighted by Gasteiger charge is -2.17. The van der Waals surface area contributed by atoms with Gasteiger partial charge in [0.1, 0.15) is 0 Å². The van der Waals surface area contributed by atoms with Crippen LogP contribution in [0.5, 0.6) is 0 Å². The van der Waals surface area contributed by atoms with E-state index in [1.165, 1.54) is 12.8 Å². The minimum absolute atomic E-state index is 0.111. The van der Waals surface area contributed by atoms with Crippen LogP contribution < -0.4 is 11.1 Å². The topological polar surface area (TPSA) is 58.4 Å². The first-order valence-corrected chi connectivity index (χ1v) is 5.94. The van der Waals surface area contributed by atoms with Gasteiger partial charge in [-0.05, 0) is 19.3 Å². The zero-order valence-corrected chi connectivity index (χ0v) is 9.48. The van der Waals surface area contributed by atoms with Gasteiger partial charge >= 0.3 is 0 Å². The number of hydrogen-bond donors (Lipinski definition) is 2. The molecule has 4 nitrogen and oxygen atoms in total. The molecule has 1 heterocycles. The molecule has 4 heteroatoms. The highest BCUT2D eigenvalue weighted by Crippen LogP contribution is 2.29. The number of rotatable bonds is 4. The van der Waals surface area contributed by atoms with E-state index in [9.17, 15) is 4.79 Å². The van der Waals surface area contributed by atoms with Crippen LogP contribution in [0.15, 0.2) is 0 Å².